The van der Waals surface area contributed by atoms with Gasteiger partial charge in [-0.15, -0.1) is 0 Å². The number of aliphatic carboxylic acids is 1. The van der Waals surface area contributed by atoms with E-state index in [0.717, 1.165) is 46.2 Å². The number of thiazole rings is 1. The summed E-state index contributed by atoms with van der Waals surface area (Å²) < 4.78 is 21.4. The van der Waals surface area contributed by atoms with Crippen molar-refractivity contribution in [3.05, 3.63) is 45.3 Å². The van der Waals surface area contributed by atoms with Crippen LogP contribution in [0.1, 0.15) is 43.6 Å². The molecule has 13 heteroatoms. The van der Waals surface area contributed by atoms with Gasteiger partial charge in [0.15, 0.2) is 11.0 Å². The highest BCUT2D eigenvalue weighted by atomic mass is 35.5. The molecule has 0 amide bonds. The van der Waals surface area contributed by atoms with E-state index in [2.05, 4.69) is 45.3 Å². The second-order valence-electron chi connectivity index (χ2n) is 11.3. The number of piperazine rings is 1. The van der Waals surface area contributed by atoms with E-state index in [4.69, 9.17) is 26.4 Å². The van der Waals surface area contributed by atoms with Crippen molar-refractivity contribution < 1.29 is 19.0 Å². The molecule has 1 aromatic carbocycles. The van der Waals surface area contributed by atoms with Gasteiger partial charge in [-0.1, -0.05) is 35.9 Å². The Balaban J connectivity index is 1.37. The van der Waals surface area contributed by atoms with Gasteiger partial charge >= 0.3 is 5.97 Å². The van der Waals surface area contributed by atoms with E-state index >= 15 is 4.39 Å². The lowest BCUT2D eigenvalue weighted by Gasteiger charge is -2.42. The number of hydrogen-bond donors (Lipinski definition) is 3. The van der Waals surface area contributed by atoms with Crippen molar-refractivity contribution in [1.29, 1.82) is 0 Å². The smallest absolute Gasteiger partial charge is 0.304 e. The summed E-state index contributed by atoms with van der Waals surface area (Å²) in [5.41, 5.74) is 2.97. The highest BCUT2D eigenvalue weighted by Crippen LogP contribution is 2.36. The number of carboxylic acids is 1. The molecule has 2 aromatic rings. The molecule has 5 rings (SSSR count). The summed E-state index contributed by atoms with van der Waals surface area (Å²) in [6, 6.07) is 6.48. The lowest BCUT2D eigenvalue weighted by Crippen LogP contribution is -2.57. The molecule has 0 unspecified atom stereocenters. The molecule has 234 valence electrons. The number of carbonyl (C=O) groups is 1. The van der Waals surface area contributed by atoms with Gasteiger partial charge in [0, 0.05) is 61.3 Å². The monoisotopic (exact) mass is 633 g/mol. The molecule has 3 N–H and O–H groups in total. The van der Waals surface area contributed by atoms with E-state index in [0.29, 0.717) is 44.0 Å². The molecule has 3 aliphatic heterocycles. The third kappa shape index (κ3) is 7.49. The van der Waals surface area contributed by atoms with Crippen molar-refractivity contribution in [2.24, 2.45) is 4.99 Å². The fraction of sp³-hybridized carbons (Fsp3) is 0.567. The minimum Gasteiger partial charge on any atom is -0.481 e. The summed E-state index contributed by atoms with van der Waals surface area (Å²) in [5.74, 6) is -0.772. The van der Waals surface area contributed by atoms with E-state index < -0.39 is 11.8 Å². The van der Waals surface area contributed by atoms with Crippen molar-refractivity contribution in [3.8, 4) is 11.3 Å². The maximum atomic E-state index is 16.0. The Morgan fingerprint density at radius 3 is 2.86 bits per heavy atom. The van der Waals surface area contributed by atoms with Crippen molar-refractivity contribution in [3.63, 3.8) is 0 Å². The maximum absolute atomic E-state index is 16.0. The predicted molar refractivity (Wildman–Crippen MR) is 169 cm³/mol. The van der Waals surface area contributed by atoms with Crippen LogP contribution in [0.2, 0.25) is 5.02 Å². The molecule has 0 saturated carbocycles. The van der Waals surface area contributed by atoms with Gasteiger partial charge in [0.05, 0.1) is 24.8 Å². The van der Waals surface area contributed by atoms with Gasteiger partial charge in [-0.05, 0) is 50.4 Å². The lowest BCUT2D eigenvalue weighted by molar-refractivity contribution is -0.137. The van der Waals surface area contributed by atoms with E-state index in [-0.39, 0.29) is 30.8 Å². The van der Waals surface area contributed by atoms with Gasteiger partial charge in [0.1, 0.15) is 12.5 Å². The number of methoxy groups -OCH3 is 1. The van der Waals surface area contributed by atoms with Crippen LogP contribution in [0, 0.1) is 0 Å². The van der Waals surface area contributed by atoms with E-state index in [1.54, 1.807) is 18.4 Å². The van der Waals surface area contributed by atoms with Gasteiger partial charge in [-0.3, -0.25) is 14.6 Å². The third-order valence-corrected chi connectivity index (χ3v) is 9.77. The summed E-state index contributed by atoms with van der Waals surface area (Å²) >= 11 is 7.97. The Hall–Kier alpha value is -2.77. The summed E-state index contributed by atoms with van der Waals surface area (Å²) in [6.07, 6.45) is 3.25. The zero-order valence-corrected chi connectivity index (χ0v) is 26.6. The number of nitrogens with one attached hydrogen (secondary N) is 2. The van der Waals surface area contributed by atoms with Crippen LogP contribution in [0.5, 0.6) is 0 Å². The number of likely N-dealkylation sites (tertiary alicyclic amines) is 1. The predicted octanol–water partition coefficient (Wildman–Crippen LogP) is 4.63. The van der Waals surface area contributed by atoms with Crippen LogP contribution < -0.4 is 10.6 Å². The van der Waals surface area contributed by atoms with Crippen LogP contribution in [-0.2, 0) is 22.5 Å². The number of rotatable bonds is 11. The number of hydrogen-bond acceptors (Lipinski definition) is 10. The van der Waals surface area contributed by atoms with Gasteiger partial charge in [-0.2, -0.15) is 4.39 Å². The number of anilines is 1. The molecule has 0 spiro atoms. The normalized spacial score (nSPS) is 21.7. The fourth-order valence-corrected chi connectivity index (χ4v) is 7.27. The van der Waals surface area contributed by atoms with E-state index in [1.807, 2.05) is 17.0 Å². The molecular formula is C30H41ClFN7O3S. The van der Waals surface area contributed by atoms with Crippen molar-refractivity contribution in [2.45, 2.75) is 58.2 Å². The number of aryl methyl sites for hydroxylation is 1. The Morgan fingerprint density at radius 1 is 1.30 bits per heavy atom. The largest absolute Gasteiger partial charge is 0.481 e. The lowest BCUT2D eigenvalue weighted by atomic mass is 10.1. The molecule has 0 radical (unpaired) electrons. The second kappa shape index (κ2) is 14.3. The van der Waals surface area contributed by atoms with E-state index in [1.165, 1.54) is 12.8 Å². The SMILES string of the molecule is CCc1cc(-c2nc(NC3=C(F)C(N4CCN(CCC(=O)O)[C@H](COC)C4)=NCN3)sc2CN2CCC[C@H]2C)ccc1Cl. The maximum Gasteiger partial charge on any atom is 0.304 e. The summed E-state index contributed by atoms with van der Waals surface area (Å²) in [4.78, 5) is 28.2. The van der Waals surface area contributed by atoms with E-state index in [9.17, 15) is 4.79 Å². The van der Waals surface area contributed by atoms with Crippen molar-refractivity contribution in [2.75, 3.05) is 58.4 Å². The molecule has 10 nitrogen and oxygen atoms in total. The number of halogens is 2. The number of nitrogens with zero attached hydrogens (tertiary/aromatic N) is 5. The molecule has 2 saturated heterocycles. The quantitative estimate of drug-likeness (QED) is 0.327. The number of ether oxygens (including phenoxy) is 1. The van der Waals surface area contributed by atoms with Crippen LogP contribution in [-0.4, -0.2) is 102 Å². The molecule has 2 atom stereocenters. The number of carboxylic acid groups (broad SMARTS) is 1. The van der Waals surface area contributed by atoms with Gasteiger partial charge in [-0.25, -0.2) is 9.98 Å². The number of aromatic nitrogens is 1. The first-order valence-electron chi connectivity index (χ1n) is 14.9. The third-order valence-electron chi connectivity index (χ3n) is 8.44. The number of aliphatic imine (C=N–C) groups is 1. The zero-order valence-electron chi connectivity index (χ0n) is 25.0. The summed E-state index contributed by atoms with van der Waals surface area (Å²) in [6.45, 7) is 8.88. The number of benzene rings is 1. The first kappa shape index (κ1) is 31.6. The van der Waals surface area contributed by atoms with Crippen molar-refractivity contribution >= 4 is 39.9 Å². The highest BCUT2D eigenvalue weighted by molar-refractivity contribution is 7.16. The minimum absolute atomic E-state index is 0.0532. The molecule has 0 bridgehead atoms. The molecule has 1 aromatic heterocycles. The zero-order chi connectivity index (χ0) is 30.5. The summed E-state index contributed by atoms with van der Waals surface area (Å²) in [5, 5.41) is 16.8. The molecule has 3 aliphatic rings. The van der Waals surface area contributed by atoms with Crippen LogP contribution in [0.3, 0.4) is 0 Å². The summed E-state index contributed by atoms with van der Waals surface area (Å²) in [7, 11) is 1.62. The Bertz CT molecular complexity index is 1370. The molecule has 43 heavy (non-hydrogen) atoms. The Kier molecular flexibility index (Phi) is 10.6. The first-order chi connectivity index (χ1) is 20.8. The van der Waals surface area contributed by atoms with Crippen LogP contribution in [0.25, 0.3) is 11.3 Å². The van der Waals surface area contributed by atoms with Crippen molar-refractivity contribution in [1.82, 2.24) is 25.0 Å². The molecular weight excluding hydrogens is 593 g/mol. The Morgan fingerprint density at radius 2 is 2.14 bits per heavy atom. The van der Waals surface area contributed by atoms with Crippen LogP contribution >= 0.6 is 22.9 Å². The van der Waals surface area contributed by atoms with Gasteiger partial charge in [0.25, 0.3) is 0 Å². The van der Waals surface area contributed by atoms with Crippen LogP contribution in [0.15, 0.2) is 34.8 Å². The highest BCUT2D eigenvalue weighted by Gasteiger charge is 2.32. The average molecular weight is 634 g/mol. The topological polar surface area (TPSA) is 106 Å². The fourth-order valence-electron chi connectivity index (χ4n) is 6.01. The molecule has 4 heterocycles. The minimum atomic E-state index is -0.837. The average Bonchev–Trinajstić information content (AvgIpc) is 3.59. The Labute approximate surface area is 261 Å². The second-order valence-corrected chi connectivity index (χ2v) is 12.8. The number of amidine groups is 1. The van der Waals surface area contributed by atoms with Gasteiger partial charge < -0.3 is 25.4 Å². The molecule has 2 fully saturated rings. The van der Waals surface area contributed by atoms with Crippen LogP contribution in [0.4, 0.5) is 9.52 Å². The first-order valence-corrected chi connectivity index (χ1v) is 16.1. The standard InChI is InChI=1S/C30H41ClFN7O3S/c1-4-20-14-21(7-8-23(20)31)27-24(16-38-10-5-6-19(38)2)43-30(35-27)36-28-26(32)29(34-18-33-28)39-13-12-37(11-9-25(40)41)22(15-39)17-42-3/h7-8,14,19,22,33H,4-6,9-13,15-18H2,1-3H3,(H,35,36)(H,40,41)/t19-,22+/m1/s1. The van der Waals surface area contributed by atoms with Gasteiger partial charge in [0.2, 0.25) is 5.83 Å². The molecule has 0 aliphatic carbocycles.